The summed E-state index contributed by atoms with van der Waals surface area (Å²) in [5.74, 6) is 0.449. The minimum absolute atomic E-state index is 0.0196. The summed E-state index contributed by atoms with van der Waals surface area (Å²) in [6.45, 7) is 1.09. The maximum Gasteiger partial charge on any atom is 0.200 e. The second-order valence-corrected chi connectivity index (χ2v) is 4.58. The van der Waals surface area contributed by atoms with Crippen LogP contribution in [0.4, 0.5) is 4.39 Å². The zero-order valence-electron chi connectivity index (χ0n) is 12.0. The molecule has 0 amide bonds. The van der Waals surface area contributed by atoms with E-state index in [0.29, 0.717) is 24.6 Å². The summed E-state index contributed by atoms with van der Waals surface area (Å²) in [6.07, 6.45) is 0. The van der Waals surface area contributed by atoms with Crippen LogP contribution in [0.15, 0.2) is 36.4 Å². The molecule has 0 bridgehead atoms. The lowest BCUT2D eigenvalue weighted by atomic mass is 10.1. The molecule has 0 aliphatic carbocycles. The fraction of sp³-hybridized carbons (Fsp3) is 0.250. The van der Waals surface area contributed by atoms with Gasteiger partial charge in [-0.1, -0.05) is 12.1 Å². The maximum absolute atomic E-state index is 13.1. The third-order valence-corrected chi connectivity index (χ3v) is 3.09. The molecule has 0 aliphatic heterocycles. The fourth-order valence-corrected chi connectivity index (χ4v) is 2.05. The van der Waals surface area contributed by atoms with E-state index in [2.05, 4.69) is 5.32 Å². The lowest BCUT2D eigenvalue weighted by Crippen LogP contribution is -2.13. The van der Waals surface area contributed by atoms with E-state index in [4.69, 9.17) is 9.47 Å². The molecule has 0 saturated carbocycles. The van der Waals surface area contributed by atoms with Gasteiger partial charge in [0.15, 0.2) is 11.5 Å². The first-order valence-electron chi connectivity index (χ1n) is 6.53. The van der Waals surface area contributed by atoms with Crippen LogP contribution < -0.4 is 14.8 Å². The van der Waals surface area contributed by atoms with Crippen LogP contribution in [0.3, 0.4) is 0 Å². The number of aromatic hydroxyl groups is 1. The molecule has 0 aromatic heterocycles. The summed E-state index contributed by atoms with van der Waals surface area (Å²) in [7, 11) is 2.97. The van der Waals surface area contributed by atoms with Gasteiger partial charge in [0.1, 0.15) is 5.82 Å². The summed E-state index contributed by atoms with van der Waals surface area (Å²) in [5.41, 5.74) is 1.77. The molecular formula is C16H18FNO3. The van der Waals surface area contributed by atoms with Crippen molar-refractivity contribution in [1.82, 2.24) is 5.32 Å². The van der Waals surface area contributed by atoms with Crippen molar-refractivity contribution in [2.45, 2.75) is 13.1 Å². The standard InChI is InChI=1S/C16H18FNO3/c1-20-14-7-12(8-15(21-2)16(14)19)10-18-9-11-4-3-5-13(17)6-11/h3-8,18-19H,9-10H2,1-2H3. The average molecular weight is 291 g/mol. The van der Waals surface area contributed by atoms with E-state index in [1.807, 2.05) is 6.07 Å². The first kappa shape index (κ1) is 15.1. The molecule has 5 heteroatoms. The number of hydrogen-bond donors (Lipinski definition) is 2. The second kappa shape index (κ2) is 6.95. The lowest BCUT2D eigenvalue weighted by molar-refractivity contribution is 0.339. The highest BCUT2D eigenvalue weighted by Gasteiger charge is 2.10. The topological polar surface area (TPSA) is 50.7 Å². The minimum atomic E-state index is -0.248. The zero-order chi connectivity index (χ0) is 15.2. The summed E-state index contributed by atoms with van der Waals surface area (Å²) >= 11 is 0. The Labute approximate surface area is 123 Å². The molecule has 2 rings (SSSR count). The molecule has 0 fully saturated rings. The van der Waals surface area contributed by atoms with Gasteiger partial charge in [-0.05, 0) is 35.4 Å². The molecule has 0 unspecified atom stereocenters. The van der Waals surface area contributed by atoms with E-state index < -0.39 is 0 Å². The average Bonchev–Trinajstić information content (AvgIpc) is 2.48. The number of phenols is 1. The molecule has 112 valence electrons. The molecule has 4 nitrogen and oxygen atoms in total. The van der Waals surface area contributed by atoms with Crippen molar-refractivity contribution in [3.8, 4) is 17.2 Å². The Morgan fingerprint density at radius 1 is 1.00 bits per heavy atom. The maximum atomic E-state index is 13.1. The SMILES string of the molecule is COc1cc(CNCc2cccc(F)c2)cc(OC)c1O. The van der Waals surface area contributed by atoms with Crippen molar-refractivity contribution in [1.29, 1.82) is 0 Å². The van der Waals surface area contributed by atoms with Crippen LogP contribution in [-0.4, -0.2) is 19.3 Å². The zero-order valence-corrected chi connectivity index (χ0v) is 12.0. The number of rotatable bonds is 6. The van der Waals surface area contributed by atoms with Gasteiger partial charge in [0.2, 0.25) is 5.75 Å². The van der Waals surface area contributed by atoms with E-state index in [9.17, 15) is 9.50 Å². The summed E-state index contributed by atoms with van der Waals surface area (Å²) < 4.78 is 23.3. The summed E-state index contributed by atoms with van der Waals surface area (Å²) in [5, 5.41) is 13.0. The first-order chi connectivity index (χ1) is 10.1. The molecule has 2 N–H and O–H groups in total. The Morgan fingerprint density at radius 2 is 1.62 bits per heavy atom. The van der Waals surface area contributed by atoms with Crippen molar-refractivity contribution in [2.24, 2.45) is 0 Å². The Balaban J connectivity index is 2.03. The smallest absolute Gasteiger partial charge is 0.200 e. The third-order valence-electron chi connectivity index (χ3n) is 3.09. The number of hydrogen-bond acceptors (Lipinski definition) is 4. The predicted octanol–water partition coefficient (Wildman–Crippen LogP) is 2.84. The number of phenolic OH excluding ortho intramolecular Hbond substituents is 1. The minimum Gasteiger partial charge on any atom is -0.502 e. The van der Waals surface area contributed by atoms with Gasteiger partial charge >= 0.3 is 0 Å². The molecule has 0 aliphatic rings. The van der Waals surface area contributed by atoms with E-state index in [1.54, 1.807) is 18.2 Å². The van der Waals surface area contributed by atoms with E-state index in [1.165, 1.54) is 26.4 Å². The van der Waals surface area contributed by atoms with Gasteiger partial charge in [0.25, 0.3) is 0 Å². The highest BCUT2D eigenvalue weighted by atomic mass is 19.1. The Kier molecular flexibility index (Phi) is 5.00. The van der Waals surface area contributed by atoms with Crippen molar-refractivity contribution in [3.63, 3.8) is 0 Å². The Hall–Kier alpha value is -2.27. The monoisotopic (exact) mass is 291 g/mol. The summed E-state index contributed by atoms with van der Waals surface area (Å²) in [4.78, 5) is 0. The van der Waals surface area contributed by atoms with Gasteiger partial charge in [0, 0.05) is 13.1 Å². The number of methoxy groups -OCH3 is 2. The van der Waals surface area contributed by atoms with Crippen LogP contribution >= 0.6 is 0 Å². The molecule has 2 aromatic carbocycles. The number of benzene rings is 2. The van der Waals surface area contributed by atoms with Gasteiger partial charge < -0.3 is 19.9 Å². The molecule has 21 heavy (non-hydrogen) atoms. The van der Waals surface area contributed by atoms with Crippen LogP contribution in [0.25, 0.3) is 0 Å². The van der Waals surface area contributed by atoms with Gasteiger partial charge in [0.05, 0.1) is 14.2 Å². The van der Waals surface area contributed by atoms with Gasteiger partial charge in [-0.3, -0.25) is 0 Å². The van der Waals surface area contributed by atoms with Crippen LogP contribution in [0, 0.1) is 5.82 Å². The van der Waals surface area contributed by atoms with Gasteiger partial charge in [-0.25, -0.2) is 4.39 Å². The highest BCUT2D eigenvalue weighted by Crippen LogP contribution is 2.36. The molecular weight excluding hydrogens is 273 g/mol. The van der Waals surface area contributed by atoms with E-state index in [0.717, 1.165) is 11.1 Å². The van der Waals surface area contributed by atoms with Crippen molar-refractivity contribution < 1.29 is 19.0 Å². The molecule has 0 atom stereocenters. The van der Waals surface area contributed by atoms with Crippen molar-refractivity contribution >= 4 is 0 Å². The highest BCUT2D eigenvalue weighted by molar-refractivity contribution is 5.52. The van der Waals surface area contributed by atoms with Gasteiger partial charge in [-0.15, -0.1) is 0 Å². The normalized spacial score (nSPS) is 10.4. The quantitative estimate of drug-likeness (QED) is 0.859. The number of nitrogens with one attached hydrogen (secondary N) is 1. The lowest BCUT2D eigenvalue weighted by Gasteiger charge is -2.12. The van der Waals surface area contributed by atoms with Crippen molar-refractivity contribution in [3.05, 3.63) is 53.3 Å². The first-order valence-corrected chi connectivity index (χ1v) is 6.53. The Morgan fingerprint density at radius 3 is 2.19 bits per heavy atom. The van der Waals surface area contributed by atoms with Crippen LogP contribution in [0.5, 0.6) is 17.2 Å². The van der Waals surface area contributed by atoms with Gasteiger partial charge in [-0.2, -0.15) is 0 Å². The van der Waals surface area contributed by atoms with Crippen LogP contribution in [0.2, 0.25) is 0 Å². The largest absolute Gasteiger partial charge is 0.502 e. The molecule has 0 heterocycles. The number of halogens is 1. The second-order valence-electron chi connectivity index (χ2n) is 4.58. The van der Waals surface area contributed by atoms with E-state index in [-0.39, 0.29) is 11.6 Å². The van der Waals surface area contributed by atoms with E-state index >= 15 is 0 Å². The Bertz CT molecular complexity index is 591. The fourth-order valence-electron chi connectivity index (χ4n) is 2.05. The van der Waals surface area contributed by atoms with Crippen LogP contribution in [-0.2, 0) is 13.1 Å². The molecule has 0 spiro atoms. The number of ether oxygens (including phenoxy) is 2. The molecule has 2 aromatic rings. The predicted molar refractivity (Wildman–Crippen MR) is 78.2 cm³/mol. The van der Waals surface area contributed by atoms with Crippen molar-refractivity contribution in [2.75, 3.05) is 14.2 Å². The summed E-state index contributed by atoms with van der Waals surface area (Å²) in [6, 6.07) is 9.91. The van der Waals surface area contributed by atoms with Crippen LogP contribution in [0.1, 0.15) is 11.1 Å². The third kappa shape index (κ3) is 3.86. The molecule has 0 radical (unpaired) electrons. The molecule has 0 saturated heterocycles.